The summed E-state index contributed by atoms with van der Waals surface area (Å²) in [5, 5.41) is 13.5. The van der Waals surface area contributed by atoms with Gasteiger partial charge in [0.15, 0.2) is 6.61 Å². The first kappa shape index (κ1) is 21.1. The van der Waals surface area contributed by atoms with Gasteiger partial charge in [0, 0.05) is 18.7 Å². The third-order valence-electron chi connectivity index (χ3n) is 6.58. The normalized spacial score (nSPS) is 20.8. The van der Waals surface area contributed by atoms with Crippen LogP contribution in [0.25, 0.3) is 22.1 Å². The Kier molecular flexibility index (Phi) is 5.54. The van der Waals surface area contributed by atoms with Gasteiger partial charge in [0.25, 0.3) is 5.91 Å². The van der Waals surface area contributed by atoms with Crippen LogP contribution in [0.2, 0.25) is 0 Å². The third kappa shape index (κ3) is 4.18. The van der Waals surface area contributed by atoms with Crippen LogP contribution in [0.4, 0.5) is 0 Å². The van der Waals surface area contributed by atoms with E-state index in [1.54, 1.807) is 31.4 Å². The third-order valence-corrected chi connectivity index (χ3v) is 6.58. The van der Waals surface area contributed by atoms with Gasteiger partial charge < -0.3 is 24.3 Å². The van der Waals surface area contributed by atoms with E-state index in [1.165, 1.54) is 24.8 Å². The molecule has 5 rings (SSSR count). The lowest BCUT2D eigenvalue weighted by Gasteiger charge is -2.18. The molecule has 7 heteroatoms. The molecule has 2 N–H and O–H groups in total. The molecule has 2 aliphatic carbocycles. The highest BCUT2D eigenvalue weighted by atomic mass is 16.5. The molecule has 1 aromatic heterocycles. The van der Waals surface area contributed by atoms with Crippen LogP contribution >= 0.6 is 0 Å². The first-order valence-corrected chi connectivity index (χ1v) is 11.0. The Hall–Kier alpha value is -3.74. The zero-order chi connectivity index (χ0) is 22.9. The SMILES string of the molecule is COc1ccc(-c2coc3cc(OCC(=O)NCC4CC5C=CC4C5)cc(O)c3c2=O)cc1. The summed E-state index contributed by atoms with van der Waals surface area (Å²) in [6, 6.07) is 9.81. The number of rotatable bonds is 7. The molecule has 2 aliphatic rings. The number of phenols is 1. The Balaban J connectivity index is 1.27. The Bertz CT molecular complexity index is 1280. The van der Waals surface area contributed by atoms with E-state index in [4.69, 9.17) is 13.9 Å². The maximum atomic E-state index is 13.0. The van der Waals surface area contributed by atoms with Crippen molar-refractivity contribution in [1.29, 1.82) is 0 Å². The van der Waals surface area contributed by atoms with Crippen LogP contribution in [0.5, 0.6) is 17.2 Å². The summed E-state index contributed by atoms with van der Waals surface area (Å²) < 4.78 is 16.3. The standard InChI is InChI=1S/C26H25NO6/c1-31-19-6-4-16(5-7-19)21-13-33-23-11-20(10-22(28)25(23)26(21)30)32-14-24(29)27-12-18-9-15-2-3-17(18)8-15/h2-7,10-11,13,15,17-18,28H,8-9,12,14H2,1H3,(H,27,29). The second kappa shape index (κ2) is 8.65. The minimum absolute atomic E-state index is 0.0597. The number of nitrogens with one attached hydrogen (secondary N) is 1. The molecule has 0 saturated heterocycles. The number of ether oxygens (including phenoxy) is 2. The monoisotopic (exact) mass is 447 g/mol. The molecule has 170 valence electrons. The number of phenolic OH excluding ortho intramolecular Hbond substituents is 1. The first-order valence-electron chi connectivity index (χ1n) is 11.0. The van der Waals surface area contributed by atoms with E-state index < -0.39 is 0 Å². The summed E-state index contributed by atoms with van der Waals surface area (Å²) in [6.07, 6.45) is 8.20. The number of allylic oxidation sites excluding steroid dienone is 2. The minimum atomic E-state index is -0.358. The largest absolute Gasteiger partial charge is 0.507 e. The summed E-state index contributed by atoms with van der Waals surface area (Å²) >= 11 is 0. The zero-order valence-corrected chi connectivity index (χ0v) is 18.2. The highest BCUT2D eigenvalue weighted by Crippen LogP contribution is 2.43. The lowest BCUT2D eigenvalue weighted by Crippen LogP contribution is -2.34. The van der Waals surface area contributed by atoms with Gasteiger partial charge in [0.1, 0.15) is 34.5 Å². The van der Waals surface area contributed by atoms with Gasteiger partial charge in [0.2, 0.25) is 5.43 Å². The number of hydrogen-bond donors (Lipinski definition) is 2. The maximum absolute atomic E-state index is 13.0. The van der Waals surface area contributed by atoms with E-state index in [2.05, 4.69) is 17.5 Å². The molecule has 7 nitrogen and oxygen atoms in total. The van der Waals surface area contributed by atoms with E-state index in [-0.39, 0.29) is 40.4 Å². The van der Waals surface area contributed by atoms with Crippen molar-refractivity contribution >= 4 is 16.9 Å². The van der Waals surface area contributed by atoms with Crippen LogP contribution in [0, 0.1) is 17.8 Å². The van der Waals surface area contributed by atoms with Crippen molar-refractivity contribution in [3.05, 3.63) is 65.0 Å². The fourth-order valence-corrected chi connectivity index (χ4v) is 4.84. The molecule has 0 radical (unpaired) electrons. The predicted molar refractivity (Wildman–Crippen MR) is 123 cm³/mol. The van der Waals surface area contributed by atoms with Crippen molar-refractivity contribution in [1.82, 2.24) is 5.32 Å². The van der Waals surface area contributed by atoms with Crippen molar-refractivity contribution in [3.63, 3.8) is 0 Å². The molecule has 0 spiro atoms. The Morgan fingerprint density at radius 3 is 2.67 bits per heavy atom. The Labute approximate surface area is 190 Å². The number of methoxy groups -OCH3 is 1. The van der Waals surface area contributed by atoms with Gasteiger partial charge in [-0.2, -0.15) is 0 Å². The molecule has 2 aromatic carbocycles. The second-order valence-electron chi connectivity index (χ2n) is 8.66. The van der Waals surface area contributed by atoms with Crippen LogP contribution in [-0.2, 0) is 4.79 Å². The van der Waals surface area contributed by atoms with Gasteiger partial charge in [-0.1, -0.05) is 24.3 Å². The number of fused-ring (bicyclic) bond motifs is 3. The smallest absolute Gasteiger partial charge is 0.257 e. The van der Waals surface area contributed by atoms with Gasteiger partial charge in [-0.3, -0.25) is 9.59 Å². The predicted octanol–water partition coefficient (Wildman–Crippen LogP) is 3.88. The highest BCUT2D eigenvalue weighted by molar-refractivity contribution is 5.88. The lowest BCUT2D eigenvalue weighted by atomic mass is 9.94. The van der Waals surface area contributed by atoms with Gasteiger partial charge in [-0.25, -0.2) is 0 Å². The molecule has 2 bridgehead atoms. The summed E-state index contributed by atoms with van der Waals surface area (Å²) in [4.78, 5) is 25.2. The molecule has 3 atom stereocenters. The van der Waals surface area contributed by atoms with Crippen LogP contribution in [0.1, 0.15) is 12.8 Å². The van der Waals surface area contributed by atoms with Crippen molar-refractivity contribution in [3.8, 4) is 28.4 Å². The van der Waals surface area contributed by atoms with E-state index in [0.717, 1.165) is 6.42 Å². The molecular weight excluding hydrogens is 422 g/mol. The molecule has 0 aliphatic heterocycles. The van der Waals surface area contributed by atoms with Crippen LogP contribution in [0.3, 0.4) is 0 Å². The molecular formula is C26H25NO6. The van der Waals surface area contributed by atoms with Crippen LogP contribution in [-0.4, -0.2) is 31.3 Å². The van der Waals surface area contributed by atoms with Gasteiger partial charge in [0.05, 0.1) is 12.7 Å². The molecule has 1 amide bonds. The summed E-state index contributed by atoms with van der Waals surface area (Å²) in [5.74, 6) is 2.15. The number of hydrogen-bond acceptors (Lipinski definition) is 6. The number of carbonyl (C=O) groups is 1. The van der Waals surface area contributed by atoms with E-state index >= 15 is 0 Å². The lowest BCUT2D eigenvalue weighted by molar-refractivity contribution is -0.123. The maximum Gasteiger partial charge on any atom is 0.257 e. The quantitative estimate of drug-likeness (QED) is 0.534. The van der Waals surface area contributed by atoms with Crippen molar-refractivity contribution in [2.45, 2.75) is 12.8 Å². The number of aromatic hydroxyl groups is 1. The first-order chi connectivity index (χ1) is 16.0. The fourth-order valence-electron chi connectivity index (χ4n) is 4.84. The van der Waals surface area contributed by atoms with E-state index in [9.17, 15) is 14.7 Å². The molecule has 3 unspecified atom stereocenters. The van der Waals surface area contributed by atoms with Gasteiger partial charge in [-0.05, 0) is 48.3 Å². The van der Waals surface area contributed by atoms with Crippen LogP contribution < -0.4 is 20.2 Å². The van der Waals surface area contributed by atoms with Crippen LogP contribution in [0.15, 0.2) is 64.0 Å². The molecule has 33 heavy (non-hydrogen) atoms. The molecule has 1 heterocycles. The molecule has 1 saturated carbocycles. The Morgan fingerprint density at radius 2 is 1.97 bits per heavy atom. The minimum Gasteiger partial charge on any atom is -0.507 e. The number of benzene rings is 2. The number of carbonyl (C=O) groups excluding carboxylic acids is 1. The number of amides is 1. The Morgan fingerprint density at radius 1 is 1.15 bits per heavy atom. The highest BCUT2D eigenvalue weighted by Gasteiger charge is 2.35. The topological polar surface area (TPSA) is 98.0 Å². The molecule has 1 fully saturated rings. The zero-order valence-electron chi connectivity index (χ0n) is 18.2. The van der Waals surface area contributed by atoms with Crippen molar-refractivity contribution in [2.75, 3.05) is 20.3 Å². The molecule has 3 aromatic rings. The van der Waals surface area contributed by atoms with Gasteiger partial charge >= 0.3 is 0 Å². The van der Waals surface area contributed by atoms with E-state index in [1.807, 2.05) is 0 Å². The van der Waals surface area contributed by atoms with Crippen molar-refractivity contribution in [2.24, 2.45) is 17.8 Å². The summed E-state index contributed by atoms with van der Waals surface area (Å²) in [6.45, 7) is 0.454. The van der Waals surface area contributed by atoms with E-state index in [0.29, 0.717) is 41.2 Å². The van der Waals surface area contributed by atoms with Gasteiger partial charge in [-0.15, -0.1) is 0 Å². The average molecular weight is 447 g/mol. The summed E-state index contributed by atoms with van der Waals surface area (Å²) in [7, 11) is 1.57. The fraction of sp³-hybridized carbons (Fsp3) is 0.308. The summed E-state index contributed by atoms with van der Waals surface area (Å²) in [5.41, 5.74) is 0.794. The second-order valence-corrected chi connectivity index (χ2v) is 8.66. The van der Waals surface area contributed by atoms with Crippen molar-refractivity contribution < 1.29 is 23.8 Å². The average Bonchev–Trinajstić information content (AvgIpc) is 3.45.